The number of carbonyl (C=O) groups excluding carboxylic acids is 1. The number of nitrogens with zero attached hydrogens (tertiary/aromatic N) is 4. The molecule has 194 valence electrons. The smallest absolute Gasteiger partial charge is 0.330 e. The first-order valence-electron chi connectivity index (χ1n) is 12.4. The Labute approximate surface area is 214 Å². The van der Waals surface area contributed by atoms with Gasteiger partial charge < -0.3 is 19.9 Å². The second-order valence-corrected chi connectivity index (χ2v) is 10.0. The van der Waals surface area contributed by atoms with Crippen LogP contribution in [0.5, 0.6) is 11.5 Å². The Bertz CT molecular complexity index is 1110. The number of aromatic nitrogens is 2. The molecule has 3 aliphatic rings. The summed E-state index contributed by atoms with van der Waals surface area (Å²) in [5.41, 5.74) is 0.609. The molecule has 11 heteroatoms. The third-order valence-corrected chi connectivity index (χ3v) is 7.74. The maximum Gasteiger partial charge on any atom is 0.330 e. The Morgan fingerprint density at radius 3 is 2.47 bits per heavy atom. The quantitative estimate of drug-likeness (QED) is 0.560. The van der Waals surface area contributed by atoms with Gasteiger partial charge in [0.25, 0.3) is 0 Å². The topological polar surface area (TPSA) is 100 Å². The molecule has 2 aromatic rings. The number of benzene rings is 1. The van der Waals surface area contributed by atoms with Crippen LogP contribution in [0.3, 0.4) is 0 Å². The fraction of sp³-hybridized carbons (Fsp3) is 0.560. The standard InChI is InChI=1S/C25H31ClFN5O4/c1-35-18-11-19(36-2)21(27)22(20(18)26)31-13-14-12-28-24(29-15-7-9-17(33)10-8-15)30-23(14)32(25(31)34)16-5-3-4-6-16/h11-12,15-17,33H,3-10,13H2,1-2H3,(H,28,29,30). The molecule has 5 rings (SSSR count). The second-order valence-electron chi connectivity index (χ2n) is 9.63. The highest BCUT2D eigenvalue weighted by molar-refractivity contribution is 6.35. The number of urea groups is 1. The minimum Gasteiger partial charge on any atom is -0.495 e. The fourth-order valence-corrected chi connectivity index (χ4v) is 5.74. The van der Waals surface area contributed by atoms with E-state index in [1.54, 1.807) is 11.1 Å². The van der Waals surface area contributed by atoms with Gasteiger partial charge in [-0.15, -0.1) is 0 Å². The highest BCUT2D eigenvalue weighted by Gasteiger charge is 2.41. The van der Waals surface area contributed by atoms with Gasteiger partial charge >= 0.3 is 6.03 Å². The van der Waals surface area contributed by atoms with E-state index in [1.807, 2.05) is 0 Å². The summed E-state index contributed by atoms with van der Waals surface area (Å²) in [6.07, 6.45) is 8.25. The summed E-state index contributed by atoms with van der Waals surface area (Å²) < 4.78 is 26.0. The molecule has 0 radical (unpaired) electrons. The van der Waals surface area contributed by atoms with Crippen molar-refractivity contribution < 1.29 is 23.8 Å². The number of hydrogen-bond donors (Lipinski definition) is 2. The van der Waals surface area contributed by atoms with Gasteiger partial charge in [0.05, 0.1) is 26.9 Å². The molecule has 1 aromatic carbocycles. The van der Waals surface area contributed by atoms with Crippen LogP contribution in [0.1, 0.15) is 56.9 Å². The number of anilines is 3. The first kappa shape index (κ1) is 24.8. The van der Waals surface area contributed by atoms with Crippen LogP contribution in [0.2, 0.25) is 5.02 Å². The number of amides is 2. The van der Waals surface area contributed by atoms with E-state index in [0.29, 0.717) is 17.3 Å². The molecule has 36 heavy (non-hydrogen) atoms. The summed E-state index contributed by atoms with van der Waals surface area (Å²) in [5.74, 6) is 0.412. The van der Waals surface area contributed by atoms with Gasteiger partial charge in [0.1, 0.15) is 22.3 Å². The predicted octanol–water partition coefficient (Wildman–Crippen LogP) is 4.89. The number of carbonyl (C=O) groups is 1. The number of hydrogen-bond acceptors (Lipinski definition) is 7. The van der Waals surface area contributed by atoms with Crippen molar-refractivity contribution >= 4 is 35.1 Å². The molecule has 2 fully saturated rings. The molecule has 2 N–H and O–H groups in total. The average Bonchev–Trinajstić information content (AvgIpc) is 3.40. The Morgan fingerprint density at radius 1 is 1.11 bits per heavy atom. The molecule has 0 atom stereocenters. The lowest BCUT2D eigenvalue weighted by atomic mass is 9.93. The van der Waals surface area contributed by atoms with Gasteiger partial charge in [-0.3, -0.25) is 9.80 Å². The van der Waals surface area contributed by atoms with E-state index in [9.17, 15) is 9.90 Å². The average molecular weight is 520 g/mol. The maximum atomic E-state index is 15.5. The minimum absolute atomic E-state index is 0.00216. The first-order valence-corrected chi connectivity index (χ1v) is 12.8. The van der Waals surface area contributed by atoms with E-state index in [4.69, 9.17) is 26.1 Å². The molecule has 1 aromatic heterocycles. The van der Waals surface area contributed by atoms with Crippen molar-refractivity contribution in [3.8, 4) is 11.5 Å². The maximum absolute atomic E-state index is 15.5. The van der Waals surface area contributed by atoms with E-state index in [-0.39, 0.29) is 46.9 Å². The van der Waals surface area contributed by atoms with E-state index in [2.05, 4.69) is 10.3 Å². The molecule has 2 aliphatic carbocycles. The monoisotopic (exact) mass is 519 g/mol. The van der Waals surface area contributed by atoms with Crippen LogP contribution in [0.15, 0.2) is 12.3 Å². The number of fused-ring (bicyclic) bond motifs is 1. The number of aliphatic hydroxyl groups is 1. The summed E-state index contributed by atoms with van der Waals surface area (Å²) in [6.45, 7) is 0.0558. The van der Waals surface area contributed by atoms with E-state index in [1.165, 1.54) is 25.2 Å². The van der Waals surface area contributed by atoms with Crippen LogP contribution >= 0.6 is 11.6 Å². The predicted molar refractivity (Wildman–Crippen MR) is 135 cm³/mol. The fourth-order valence-electron chi connectivity index (χ4n) is 5.42. The molecule has 0 unspecified atom stereocenters. The first-order chi connectivity index (χ1) is 17.4. The van der Waals surface area contributed by atoms with Gasteiger partial charge in [-0.2, -0.15) is 4.98 Å². The third-order valence-electron chi connectivity index (χ3n) is 7.38. The van der Waals surface area contributed by atoms with E-state index >= 15 is 4.39 Å². The van der Waals surface area contributed by atoms with Gasteiger partial charge in [-0.05, 0) is 38.5 Å². The van der Waals surface area contributed by atoms with E-state index in [0.717, 1.165) is 51.4 Å². The Hall–Kier alpha value is -2.85. The van der Waals surface area contributed by atoms with Crippen molar-refractivity contribution in [3.05, 3.63) is 28.7 Å². The van der Waals surface area contributed by atoms with Crippen molar-refractivity contribution in [2.45, 2.75) is 76.1 Å². The number of rotatable bonds is 6. The van der Waals surface area contributed by atoms with Gasteiger partial charge in [0, 0.05) is 29.9 Å². The van der Waals surface area contributed by atoms with Gasteiger partial charge in [-0.25, -0.2) is 14.2 Å². The van der Waals surface area contributed by atoms with Crippen molar-refractivity contribution in [1.82, 2.24) is 9.97 Å². The SMILES string of the molecule is COc1cc(OC)c(Cl)c(N2Cc3cnc(NC4CCC(O)CC4)nc3N(C3CCCC3)C2=O)c1F. The van der Waals surface area contributed by atoms with Crippen molar-refractivity contribution in [2.75, 3.05) is 29.3 Å². The zero-order valence-corrected chi connectivity index (χ0v) is 21.2. The van der Waals surface area contributed by atoms with Gasteiger partial charge in [0.15, 0.2) is 11.6 Å². The summed E-state index contributed by atoms with van der Waals surface area (Å²) in [7, 11) is 2.78. The lowest BCUT2D eigenvalue weighted by Crippen LogP contribution is -2.52. The molecule has 1 aliphatic heterocycles. The third kappa shape index (κ3) is 4.52. The molecular weight excluding hydrogens is 489 g/mol. The van der Waals surface area contributed by atoms with E-state index < -0.39 is 11.8 Å². The second kappa shape index (κ2) is 10.3. The minimum atomic E-state index is -0.731. The number of aliphatic hydroxyl groups excluding tert-OH is 1. The molecule has 2 saturated carbocycles. The lowest BCUT2D eigenvalue weighted by Gasteiger charge is -2.39. The molecule has 2 heterocycles. The zero-order chi connectivity index (χ0) is 25.4. The Morgan fingerprint density at radius 2 is 1.81 bits per heavy atom. The Balaban J connectivity index is 1.53. The van der Waals surface area contributed by atoms with Crippen LogP contribution in [-0.2, 0) is 6.54 Å². The zero-order valence-electron chi connectivity index (χ0n) is 20.5. The highest BCUT2D eigenvalue weighted by atomic mass is 35.5. The molecular formula is C25H31ClFN5O4. The molecule has 0 saturated heterocycles. The molecule has 0 bridgehead atoms. The summed E-state index contributed by atoms with van der Waals surface area (Å²) >= 11 is 6.53. The van der Waals surface area contributed by atoms with Crippen LogP contribution in [-0.4, -0.2) is 53.5 Å². The van der Waals surface area contributed by atoms with Crippen LogP contribution in [0.25, 0.3) is 0 Å². The van der Waals surface area contributed by atoms with Crippen molar-refractivity contribution in [3.63, 3.8) is 0 Å². The summed E-state index contributed by atoms with van der Waals surface area (Å²) in [5, 5.41) is 13.2. The summed E-state index contributed by atoms with van der Waals surface area (Å²) in [6, 6.07) is 1.08. The number of nitrogens with one attached hydrogen (secondary N) is 1. The molecule has 2 amide bonds. The largest absolute Gasteiger partial charge is 0.495 e. The van der Waals surface area contributed by atoms with Crippen LogP contribution in [0.4, 0.5) is 26.6 Å². The number of ether oxygens (including phenoxy) is 2. The van der Waals surface area contributed by atoms with Crippen LogP contribution in [0, 0.1) is 5.82 Å². The number of halogens is 2. The number of methoxy groups -OCH3 is 2. The van der Waals surface area contributed by atoms with Gasteiger partial charge in [-0.1, -0.05) is 24.4 Å². The van der Waals surface area contributed by atoms with Crippen molar-refractivity contribution in [2.24, 2.45) is 0 Å². The summed E-state index contributed by atoms with van der Waals surface area (Å²) in [4.78, 5) is 26.2. The molecule has 9 nitrogen and oxygen atoms in total. The lowest BCUT2D eigenvalue weighted by molar-refractivity contribution is 0.126. The highest BCUT2D eigenvalue weighted by Crippen LogP contribution is 2.45. The molecule has 0 spiro atoms. The Kier molecular flexibility index (Phi) is 7.07. The van der Waals surface area contributed by atoms with Crippen molar-refractivity contribution in [1.29, 1.82) is 0 Å². The van der Waals surface area contributed by atoms with Crippen LogP contribution < -0.4 is 24.6 Å². The van der Waals surface area contributed by atoms with Gasteiger partial charge in [0.2, 0.25) is 5.95 Å². The normalized spacial score (nSPS) is 22.5.